The van der Waals surface area contributed by atoms with Crippen LogP contribution in [0.25, 0.3) is 0 Å². The number of aromatic carboxylic acids is 1. The second-order valence-electron chi connectivity index (χ2n) is 2.24. The lowest BCUT2D eigenvalue weighted by Gasteiger charge is -2.01. The second-order valence-corrected chi connectivity index (χ2v) is 2.24. The number of hydrogen-bond donors (Lipinski definition) is 3. The van der Waals surface area contributed by atoms with Gasteiger partial charge in [-0.25, -0.2) is 4.79 Å². The fourth-order valence-electron chi connectivity index (χ4n) is 0.856. The van der Waals surface area contributed by atoms with E-state index in [1.165, 1.54) is 12.1 Å². The largest absolute Gasteiger partial charge is 0.478 e. The van der Waals surface area contributed by atoms with Crippen LogP contribution < -0.4 is 5.48 Å². The van der Waals surface area contributed by atoms with Crippen molar-refractivity contribution >= 4 is 17.3 Å². The van der Waals surface area contributed by atoms with Gasteiger partial charge in [0.1, 0.15) is 5.69 Å². The van der Waals surface area contributed by atoms with E-state index in [9.17, 15) is 9.70 Å². The Morgan fingerprint density at radius 1 is 1.46 bits per heavy atom. The first-order valence-electron chi connectivity index (χ1n) is 3.30. The SMILES string of the molecule is O=Nc1ccc(NO)cc1C(=O)O. The zero-order valence-corrected chi connectivity index (χ0v) is 6.39. The van der Waals surface area contributed by atoms with Crippen molar-refractivity contribution in [3.8, 4) is 0 Å². The lowest BCUT2D eigenvalue weighted by molar-refractivity contribution is 0.0698. The molecule has 0 fully saturated rings. The second kappa shape index (κ2) is 3.63. The summed E-state index contributed by atoms with van der Waals surface area (Å²) < 4.78 is 0. The minimum absolute atomic E-state index is 0.175. The number of nitroso groups, excluding NO2 is 1. The van der Waals surface area contributed by atoms with Gasteiger partial charge in [-0.05, 0) is 23.4 Å². The number of benzene rings is 1. The third-order valence-corrected chi connectivity index (χ3v) is 1.45. The van der Waals surface area contributed by atoms with Gasteiger partial charge in [-0.15, -0.1) is 4.91 Å². The molecule has 6 heteroatoms. The van der Waals surface area contributed by atoms with Crippen molar-refractivity contribution in [3.05, 3.63) is 28.7 Å². The molecule has 0 saturated heterocycles. The van der Waals surface area contributed by atoms with Crippen LogP contribution in [0.5, 0.6) is 0 Å². The van der Waals surface area contributed by atoms with Gasteiger partial charge in [-0.2, -0.15) is 0 Å². The molecule has 0 aromatic heterocycles. The molecule has 0 spiro atoms. The van der Waals surface area contributed by atoms with Crippen molar-refractivity contribution in [3.63, 3.8) is 0 Å². The summed E-state index contributed by atoms with van der Waals surface area (Å²) >= 11 is 0. The van der Waals surface area contributed by atoms with Crippen molar-refractivity contribution in [1.29, 1.82) is 0 Å². The van der Waals surface area contributed by atoms with Crippen molar-refractivity contribution < 1.29 is 15.1 Å². The first kappa shape index (κ1) is 9.14. The maximum Gasteiger partial charge on any atom is 0.338 e. The number of anilines is 1. The van der Waals surface area contributed by atoms with Gasteiger partial charge >= 0.3 is 5.97 Å². The Hall–Kier alpha value is -1.95. The molecule has 1 rings (SSSR count). The highest BCUT2D eigenvalue weighted by atomic mass is 16.5. The molecule has 0 aliphatic rings. The monoisotopic (exact) mass is 182 g/mol. The van der Waals surface area contributed by atoms with Crippen LogP contribution in [-0.2, 0) is 0 Å². The van der Waals surface area contributed by atoms with Crippen LogP contribution in [0.2, 0.25) is 0 Å². The molecule has 3 N–H and O–H groups in total. The van der Waals surface area contributed by atoms with E-state index in [1.807, 2.05) is 0 Å². The molecule has 1 aromatic carbocycles. The Balaban J connectivity index is 3.25. The minimum atomic E-state index is -1.27. The summed E-state index contributed by atoms with van der Waals surface area (Å²) in [6, 6.07) is 3.65. The number of hydrogen-bond acceptors (Lipinski definition) is 5. The van der Waals surface area contributed by atoms with Crippen LogP contribution in [0.3, 0.4) is 0 Å². The molecular formula is C7H6N2O4. The van der Waals surface area contributed by atoms with Gasteiger partial charge in [0, 0.05) is 0 Å². The highest BCUT2D eigenvalue weighted by Crippen LogP contribution is 2.22. The molecule has 68 valence electrons. The standard InChI is InChI=1S/C7H6N2O4/c10-7(11)5-3-4(8-12)1-2-6(5)9-13/h1-3,8,12H,(H,10,11). The van der Waals surface area contributed by atoms with E-state index >= 15 is 0 Å². The fraction of sp³-hybridized carbons (Fsp3) is 0. The zero-order valence-electron chi connectivity index (χ0n) is 6.39. The molecule has 0 aliphatic carbocycles. The summed E-state index contributed by atoms with van der Waals surface area (Å²) in [5, 5.41) is 19.6. The summed E-state index contributed by atoms with van der Waals surface area (Å²) in [5.41, 5.74) is 1.52. The fourth-order valence-corrected chi connectivity index (χ4v) is 0.856. The first-order chi connectivity index (χ1) is 6.19. The van der Waals surface area contributed by atoms with E-state index in [1.54, 1.807) is 5.48 Å². The summed E-state index contributed by atoms with van der Waals surface area (Å²) in [7, 11) is 0. The number of carbonyl (C=O) groups is 1. The average molecular weight is 182 g/mol. The van der Waals surface area contributed by atoms with Crippen molar-refractivity contribution in [2.24, 2.45) is 5.18 Å². The van der Waals surface area contributed by atoms with Gasteiger partial charge in [-0.1, -0.05) is 0 Å². The highest BCUT2D eigenvalue weighted by Gasteiger charge is 2.10. The number of rotatable bonds is 3. The number of nitrogens with one attached hydrogen (secondary N) is 1. The molecule has 0 amide bonds. The summed E-state index contributed by atoms with van der Waals surface area (Å²) in [6.45, 7) is 0. The quantitative estimate of drug-likeness (QED) is 0.486. The topological polar surface area (TPSA) is 99.0 Å². The number of nitrogens with zero attached hydrogens (tertiary/aromatic N) is 1. The van der Waals surface area contributed by atoms with Crippen LogP contribution in [0.15, 0.2) is 23.4 Å². The normalized spacial score (nSPS) is 9.31. The smallest absolute Gasteiger partial charge is 0.338 e. The van der Waals surface area contributed by atoms with Gasteiger partial charge in [0.05, 0.1) is 11.3 Å². The third kappa shape index (κ3) is 1.79. The summed E-state index contributed by atoms with van der Waals surface area (Å²) in [5.74, 6) is -1.27. The molecule has 0 aliphatic heterocycles. The van der Waals surface area contributed by atoms with E-state index in [4.69, 9.17) is 10.3 Å². The Morgan fingerprint density at radius 2 is 2.15 bits per heavy atom. The first-order valence-corrected chi connectivity index (χ1v) is 3.30. The predicted molar refractivity (Wildman–Crippen MR) is 44.3 cm³/mol. The van der Waals surface area contributed by atoms with Gasteiger partial charge in [0.15, 0.2) is 0 Å². The van der Waals surface area contributed by atoms with Crippen molar-refractivity contribution in [2.75, 3.05) is 5.48 Å². The lowest BCUT2D eigenvalue weighted by atomic mass is 10.1. The molecule has 0 unspecified atom stereocenters. The maximum absolute atomic E-state index is 10.5. The molecule has 6 nitrogen and oxygen atoms in total. The van der Waals surface area contributed by atoms with Gasteiger partial charge in [0.25, 0.3) is 0 Å². The highest BCUT2D eigenvalue weighted by molar-refractivity contribution is 5.94. The molecular weight excluding hydrogens is 176 g/mol. The summed E-state index contributed by atoms with van der Waals surface area (Å²) in [4.78, 5) is 20.7. The Kier molecular flexibility index (Phi) is 2.56. The van der Waals surface area contributed by atoms with E-state index < -0.39 is 5.97 Å². The number of carboxylic acid groups (broad SMARTS) is 1. The van der Waals surface area contributed by atoms with Crippen LogP contribution in [0.1, 0.15) is 10.4 Å². The van der Waals surface area contributed by atoms with Crippen LogP contribution in [-0.4, -0.2) is 16.3 Å². The molecule has 13 heavy (non-hydrogen) atoms. The van der Waals surface area contributed by atoms with Crippen molar-refractivity contribution in [2.45, 2.75) is 0 Å². The van der Waals surface area contributed by atoms with E-state index in [2.05, 4.69) is 5.18 Å². The van der Waals surface area contributed by atoms with Crippen LogP contribution in [0, 0.1) is 4.91 Å². The van der Waals surface area contributed by atoms with E-state index in [-0.39, 0.29) is 16.9 Å². The lowest BCUT2D eigenvalue weighted by Crippen LogP contribution is -1.98. The zero-order chi connectivity index (χ0) is 9.84. The van der Waals surface area contributed by atoms with E-state index in [0.717, 1.165) is 6.07 Å². The average Bonchev–Trinajstić information content (AvgIpc) is 2.16. The Morgan fingerprint density at radius 3 is 2.62 bits per heavy atom. The van der Waals surface area contributed by atoms with Gasteiger partial charge < -0.3 is 5.11 Å². The molecule has 0 saturated carbocycles. The van der Waals surface area contributed by atoms with E-state index in [0.29, 0.717) is 0 Å². The van der Waals surface area contributed by atoms with Crippen LogP contribution >= 0.6 is 0 Å². The number of carboxylic acids is 1. The molecule has 1 aromatic rings. The summed E-state index contributed by atoms with van der Waals surface area (Å²) in [6.07, 6.45) is 0. The Bertz CT molecular complexity index is 350. The van der Waals surface area contributed by atoms with Crippen molar-refractivity contribution in [1.82, 2.24) is 0 Å². The molecule has 0 heterocycles. The third-order valence-electron chi connectivity index (χ3n) is 1.45. The minimum Gasteiger partial charge on any atom is -0.478 e. The van der Waals surface area contributed by atoms with Gasteiger partial charge in [0.2, 0.25) is 0 Å². The molecule has 0 radical (unpaired) electrons. The Labute approximate surface area is 72.7 Å². The molecule has 0 bridgehead atoms. The van der Waals surface area contributed by atoms with Crippen LogP contribution in [0.4, 0.5) is 11.4 Å². The van der Waals surface area contributed by atoms with Gasteiger partial charge in [-0.3, -0.25) is 10.7 Å². The maximum atomic E-state index is 10.5. The molecule has 0 atom stereocenters. The predicted octanol–water partition coefficient (Wildman–Crippen LogP) is 1.58.